The lowest BCUT2D eigenvalue weighted by molar-refractivity contribution is -0.384. The molecule has 3 aromatic carbocycles. The van der Waals surface area contributed by atoms with Crippen LogP contribution in [0.15, 0.2) is 82.6 Å². The molecule has 14 heteroatoms. The molecule has 52 heavy (non-hydrogen) atoms. The number of unbranched alkanes of at least 4 members (excludes halogenated alkanes) is 1. The molecule has 0 aromatic heterocycles. The van der Waals surface area contributed by atoms with E-state index >= 15 is 0 Å². The third kappa shape index (κ3) is 10.9. The maximum absolute atomic E-state index is 13.3. The van der Waals surface area contributed by atoms with Crippen LogP contribution in [0.3, 0.4) is 0 Å². The normalized spacial score (nSPS) is 16.0. The molecule has 3 N–H and O–H groups in total. The number of hydrogen-bond donors (Lipinski definition) is 3. The number of nitrogens with zero attached hydrogens (tertiary/aromatic N) is 2. The van der Waals surface area contributed by atoms with Gasteiger partial charge in [-0.3, -0.25) is 14.9 Å². The molecular weight excluding hydrogens is 703 g/mol. The van der Waals surface area contributed by atoms with E-state index < -0.39 is 43.1 Å². The average Bonchev–Trinajstić information content (AvgIpc) is 3.75. The summed E-state index contributed by atoms with van der Waals surface area (Å²) in [5, 5.41) is 18.2. The third-order valence-corrected chi connectivity index (χ3v) is 12.0. The largest absolute Gasteiger partial charge is 0.444 e. The number of benzene rings is 3. The zero-order chi connectivity index (χ0) is 37.4. The van der Waals surface area contributed by atoms with Crippen molar-refractivity contribution in [1.82, 2.24) is 10.0 Å². The van der Waals surface area contributed by atoms with E-state index in [4.69, 9.17) is 4.74 Å². The number of amides is 2. The summed E-state index contributed by atoms with van der Waals surface area (Å²) in [7, 11) is -4.43. The molecule has 1 aliphatic heterocycles. The number of thioether (sulfide) groups is 1. The van der Waals surface area contributed by atoms with Gasteiger partial charge < -0.3 is 20.3 Å². The third-order valence-electron chi connectivity index (χ3n) is 9.50. The lowest BCUT2D eigenvalue weighted by Crippen LogP contribution is -2.33. The van der Waals surface area contributed by atoms with Crippen LogP contribution >= 0.6 is 11.8 Å². The number of carbonyl (C=O) groups excluding carboxylic acids is 2. The lowest BCUT2D eigenvalue weighted by atomic mass is 9.86. The number of rotatable bonds is 15. The van der Waals surface area contributed by atoms with Crippen LogP contribution in [0.1, 0.15) is 82.5 Å². The summed E-state index contributed by atoms with van der Waals surface area (Å²) >= 11 is 1.59. The van der Waals surface area contributed by atoms with Gasteiger partial charge in [-0.25, -0.2) is 17.9 Å². The molecule has 2 amide bonds. The Morgan fingerprint density at radius 3 is 2.38 bits per heavy atom. The molecule has 1 saturated carbocycles. The van der Waals surface area contributed by atoms with Gasteiger partial charge in [0.25, 0.3) is 21.6 Å². The zero-order valence-corrected chi connectivity index (χ0v) is 31.7. The highest BCUT2D eigenvalue weighted by Gasteiger charge is 2.40. The van der Waals surface area contributed by atoms with Gasteiger partial charge in [0.2, 0.25) is 0 Å². The predicted octanol–water partition coefficient (Wildman–Crippen LogP) is 7.75. The molecule has 0 bridgehead atoms. The SMILES string of the molecule is CC(C)(C)OC(=O)NCCCC[C@H](CSc1ccccc1)Nc1ccc(S(=O)(=O)NC(=O)c2ccc(N3CCC4(CCCC4)C3)cc2)cc1[N+](=O)[O-]. The summed E-state index contributed by atoms with van der Waals surface area (Å²) in [5.74, 6) is -0.238. The van der Waals surface area contributed by atoms with Crippen molar-refractivity contribution in [1.29, 1.82) is 0 Å². The fraction of sp³-hybridized carbons (Fsp3) is 0.474. The first kappa shape index (κ1) is 38.9. The number of anilines is 2. The van der Waals surface area contributed by atoms with E-state index in [-0.39, 0.29) is 17.3 Å². The molecule has 1 aliphatic carbocycles. The highest BCUT2D eigenvalue weighted by Crippen LogP contribution is 2.46. The van der Waals surface area contributed by atoms with Gasteiger partial charge in [-0.2, -0.15) is 0 Å². The van der Waals surface area contributed by atoms with Crippen molar-refractivity contribution in [3.05, 3.63) is 88.5 Å². The number of nitro benzene ring substituents is 1. The van der Waals surface area contributed by atoms with Crippen LogP contribution in [0.2, 0.25) is 0 Å². The van der Waals surface area contributed by atoms with Crippen molar-refractivity contribution in [2.24, 2.45) is 5.41 Å². The highest BCUT2D eigenvalue weighted by atomic mass is 32.2. The quantitative estimate of drug-likeness (QED) is 0.0606. The number of hydrogen-bond acceptors (Lipinski definition) is 10. The van der Waals surface area contributed by atoms with Gasteiger partial charge in [-0.15, -0.1) is 11.8 Å². The van der Waals surface area contributed by atoms with Gasteiger partial charge in [-0.1, -0.05) is 31.0 Å². The van der Waals surface area contributed by atoms with E-state index in [0.29, 0.717) is 37.0 Å². The number of alkyl carbamates (subject to hydrolysis) is 1. The molecule has 12 nitrogen and oxygen atoms in total. The molecule has 5 rings (SSSR count). The minimum Gasteiger partial charge on any atom is -0.444 e. The second kappa shape index (κ2) is 17.0. The molecule has 2 aliphatic rings. The van der Waals surface area contributed by atoms with E-state index in [2.05, 4.69) is 20.3 Å². The fourth-order valence-corrected chi connectivity index (χ4v) is 8.84. The maximum Gasteiger partial charge on any atom is 0.407 e. The van der Waals surface area contributed by atoms with Crippen molar-refractivity contribution >= 4 is 50.8 Å². The first-order valence-electron chi connectivity index (χ1n) is 17.8. The van der Waals surface area contributed by atoms with Gasteiger partial charge in [0.05, 0.1) is 9.82 Å². The van der Waals surface area contributed by atoms with Crippen molar-refractivity contribution in [2.45, 2.75) is 93.6 Å². The zero-order valence-electron chi connectivity index (χ0n) is 30.1. The summed E-state index contributed by atoms with van der Waals surface area (Å²) in [6.07, 6.45) is 7.71. The van der Waals surface area contributed by atoms with Crippen molar-refractivity contribution in [3.8, 4) is 0 Å². The summed E-state index contributed by atoms with van der Waals surface area (Å²) in [6.45, 7) is 7.75. The molecule has 1 atom stereocenters. The van der Waals surface area contributed by atoms with E-state index in [1.54, 1.807) is 44.7 Å². The average molecular weight is 752 g/mol. The van der Waals surface area contributed by atoms with Crippen molar-refractivity contribution in [2.75, 3.05) is 35.6 Å². The summed E-state index contributed by atoms with van der Waals surface area (Å²) in [6, 6.07) is 20.0. The fourth-order valence-electron chi connectivity index (χ4n) is 6.85. The van der Waals surface area contributed by atoms with Crippen LogP contribution in [0, 0.1) is 15.5 Å². The molecular formula is C38H49N5O7S2. The molecule has 0 unspecified atom stereocenters. The smallest absolute Gasteiger partial charge is 0.407 e. The molecule has 1 heterocycles. The van der Waals surface area contributed by atoms with E-state index in [0.717, 1.165) is 36.2 Å². The van der Waals surface area contributed by atoms with Gasteiger partial charge in [0.15, 0.2) is 0 Å². The number of sulfonamides is 1. The van der Waals surface area contributed by atoms with Crippen LogP contribution in [0.4, 0.5) is 21.9 Å². The predicted molar refractivity (Wildman–Crippen MR) is 205 cm³/mol. The molecule has 2 fully saturated rings. The maximum atomic E-state index is 13.3. The minimum absolute atomic E-state index is 0.165. The Kier molecular flexibility index (Phi) is 12.7. The molecule has 1 spiro atoms. The summed E-state index contributed by atoms with van der Waals surface area (Å²) in [4.78, 5) is 39.6. The summed E-state index contributed by atoms with van der Waals surface area (Å²) < 4.78 is 34.0. The Labute approximate surface area is 310 Å². The van der Waals surface area contributed by atoms with Crippen molar-refractivity contribution < 1.29 is 27.7 Å². The molecule has 280 valence electrons. The lowest BCUT2D eigenvalue weighted by Gasteiger charge is -2.24. The monoisotopic (exact) mass is 751 g/mol. The van der Waals surface area contributed by atoms with Crippen LogP contribution in [-0.4, -0.2) is 62.4 Å². The van der Waals surface area contributed by atoms with Crippen LogP contribution < -0.4 is 20.3 Å². The Hall–Kier alpha value is -4.30. The molecule has 1 saturated heterocycles. The number of ether oxygens (including phenoxy) is 1. The second-order valence-corrected chi connectivity index (χ2v) is 17.5. The highest BCUT2D eigenvalue weighted by molar-refractivity contribution is 7.99. The van der Waals surface area contributed by atoms with E-state index in [1.165, 1.54) is 37.8 Å². The Bertz CT molecular complexity index is 1810. The Morgan fingerprint density at radius 1 is 1.00 bits per heavy atom. The van der Waals surface area contributed by atoms with Gasteiger partial charge in [0.1, 0.15) is 11.3 Å². The first-order valence-corrected chi connectivity index (χ1v) is 20.3. The molecule has 0 radical (unpaired) electrons. The van der Waals surface area contributed by atoms with Crippen LogP contribution in [0.5, 0.6) is 0 Å². The molecule has 3 aromatic rings. The minimum atomic E-state index is -4.43. The van der Waals surface area contributed by atoms with Crippen molar-refractivity contribution in [3.63, 3.8) is 0 Å². The second-order valence-electron chi connectivity index (χ2n) is 14.7. The van der Waals surface area contributed by atoms with Crippen LogP contribution in [-0.2, 0) is 14.8 Å². The standard InChI is InChI=1S/C38H49N5O7S2/c1-37(2,3)50-36(45)39-23-10-7-11-29(26-51-31-12-5-4-6-13-31)40-33-19-18-32(25-34(33)43(46)47)52(48,49)41-35(44)28-14-16-30(17-15-28)42-24-22-38(27-42)20-8-9-21-38/h4-6,12-19,25,29,40H,7-11,20-24,26-27H2,1-3H3,(H,39,45)(H,41,44)/t29-/m1/s1. The van der Waals surface area contributed by atoms with Gasteiger partial charge in [0, 0.05) is 53.6 Å². The van der Waals surface area contributed by atoms with E-state index in [1.807, 2.05) is 42.5 Å². The topological polar surface area (TPSA) is 160 Å². The van der Waals surface area contributed by atoms with Gasteiger partial charge >= 0.3 is 6.09 Å². The van der Waals surface area contributed by atoms with Crippen LogP contribution in [0.25, 0.3) is 0 Å². The Balaban J connectivity index is 1.22. The Morgan fingerprint density at radius 2 is 1.71 bits per heavy atom. The number of nitrogens with one attached hydrogen (secondary N) is 3. The number of nitro groups is 1. The first-order chi connectivity index (χ1) is 24.7. The van der Waals surface area contributed by atoms with E-state index in [9.17, 15) is 28.1 Å². The summed E-state index contributed by atoms with van der Waals surface area (Å²) in [5.41, 5.74) is 0.711. The van der Waals surface area contributed by atoms with Gasteiger partial charge in [-0.05, 0) is 113 Å². The number of carbonyl (C=O) groups is 2.